The number of nitrogens with one attached hydrogen (secondary N) is 3. The number of aromatic nitrogens is 1. The molecule has 3 aromatic rings. The highest BCUT2D eigenvalue weighted by molar-refractivity contribution is 6.04. The van der Waals surface area contributed by atoms with E-state index in [0.717, 1.165) is 65.2 Å². The second-order valence-electron chi connectivity index (χ2n) is 8.99. The molecule has 0 saturated carbocycles. The minimum Gasteiger partial charge on any atom is -0.453 e. The van der Waals surface area contributed by atoms with Gasteiger partial charge in [0.2, 0.25) is 0 Å². The van der Waals surface area contributed by atoms with E-state index in [0.29, 0.717) is 17.8 Å². The fourth-order valence-electron chi connectivity index (χ4n) is 4.41. The lowest BCUT2D eigenvalue weighted by Gasteiger charge is -2.32. The highest BCUT2D eigenvalue weighted by atomic mass is 16.5. The van der Waals surface area contributed by atoms with Crippen LogP contribution in [0.15, 0.2) is 30.3 Å². The van der Waals surface area contributed by atoms with Gasteiger partial charge in [-0.3, -0.25) is 10.1 Å². The Kier molecular flexibility index (Phi) is 6.79. The molecule has 2 aromatic carbocycles. The number of amides is 2. The third kappa shape index (κ3) is 4.72. The SMILES string of the molecule is COC(=O)Nc1cccc(C)c1CNc1cc(C(=O)N2CCN(C)CC2)cc2c(C)c(C)[nH]c12. The monoisotopic (exact) mass is 463 g/mol. The van der Waals surface area contributed by atoms with E-state index >= 15 is 0 Å². The van der Waals surface area contributed by atoms with Gasteiger partial charge in [-0.05, 0) is 62.7 Å². The van der Waals surface area contributed by atoms with Gasteiger partial charge in [0.05, 0.1) is 18.3 Å². The van der Waals surface area contributed by atoms with Gasteiger partial charge in [0.1, 0.15) is 0 Å². The molecule has 8 nitrogen and oxygen atoms in total. The first-order valence-corrected chi connectivity index (χ1v) is 11.6. The lowest BCUT2D eigenvalue weighted by atomic mass is 10.0. The molecule has 3 N–H and O–H groups in total. The van der Waals surface area contributed by atoms with Crippen molar-refractivity contribution in [3.05, 3.63) is 58.3 Å². The Bertz CT molecular complexity index is 1220. The molecule has 0 spiro atoms. The predicted octanol–water partition coefficient (Wildman–Crippen LogP) is 4.27. The molecule has 8 heteroatoms. The van der Waals surface area contributed by atoms with E-state index in [1.165, 1.54) is 7.11 Å². The van der Waals surface area contributed by atoms with E-state index < -0.39 is 6.09 Å². The molecule has 1 saturated heterocycles. The summed E-state index contributed by atoms with van der Waals surface area (Å²) in [6.07, 6.45) is -0.510. The molecule has 1 aliphatic heterocycles. The summed E-state index contributed by atoms with van der Waals surface area (Å²) in [5.41, 5.74) is 7.41. The molecule has 0 unspecified atom stereocenters. The van der Waals surface area contributed by atoms with E-state index in [4.69, 9.17) is 4.74 Å². The lowest BCUT2D eigenvalue weighted by Crippen LogP contribution is -2.47. The van der Waals surface area contributed by atoms with E-state index in [-0.39, 0.29) is 5.91 Å². The van der Waals surface area contributed by atoms with Crippen LogP contribution in [-0.2, 0) is 11.3 Å². The van der Waals surface area contributed by atoms with Crippen LogP contribution in [0.2, 0.25) is 0 Å². The van der Waals surface area contributed by atoms with Crippen molar-refractivity contribution >= 4 is 34.3 Å². The van der Waals surface area contributed by atoms with Crippen molar-refractivity contribution in [2.75, 3.05) is 51.0 Å². The number of hydrogen-bond donors (Lipinski definition) is 3. The van der Waals surface area contributed by atoms with E-state index in [1.807, 2.05) is 49.1 Å². The van der Waals surface area contributed by atoms with E-state index in [9.17, 15) is 9.59 Å². The summed E-state index contributed by atoms with van der Waals surface area (Å²) >= 11 is 0. The first-order chi connectivity index (χ1) is 16.3. The molecule has 0 bridgehead atoms. The smallest absolute Gasteiger partial charge is 0.411 e. The van der Waals surface area contributed by atoms with Gasteiger partial charge in [-0.15, -0.1) is 0 Å². The van der Waals surface area contributed by atoms with Crippen molar-refractivity contribution in [3.63, 3.8) is 0 Å². The molecule has 0 radical (unpaired) electrons. The Morgan fingerprint density at radius 3 is 2.50 bits per heavy atom. The van der Waals surface area contributed by atoms with E-state index in [1.54, 1.807) is 0 Å². The van der Waals surface area contributed by atoms with E-state index in [2.05, 4.69) is 34.5 Å². The summed E-state index contributed by atoms with van der Waals surface area (Å²) in [7, 11) is 3.43. The lowest BCUT2D eigenvalue weighted by molar-refractivity contribution is 0.0664. The van der Waals surface area contributed by atoms with Crippen molar-refractivity contribution in [1.82, 2.24) is 14.8 Å². The molecule has 2 heterocycles. The number of nitrogens with zero attached hydrogens (tertiary/aromatic N) is 2. The number of likely N-dealkylation sites (N-methyl/N-ethyl adjacent to an activating group) is 1. The number of aryl methyl sites for hydroxylation is 3. The number of piperazine rings is 1. The van der Waals surface area contributed by atoms with Gasteiger partial charge in [0.15, 0.2) is 0 Å². The van der Waals surface area contributed by atoms with Gasteiger partial charge in [-0.25, -0.2) is 4.79 Å². The topological polar surface area (TPSA) is 89.7 Å². The van der Waals surface area contributed by atoms with Crippen LogP contribution in [0.4, 0.5) is 16.2 Å². The summed E-state index contributed by atoms with van der Waals surface area (Å²) in [5.74, 6) is 0.0558. The molecule has 1 fully saturated rings. The van der Waals surface area contributed by atoms with Crippen LogP contribution in [-0.4, -0.2) is 67.1 Å². The molecule has 1 aliphatic rings. The van der Waals surface area contributed by atoms with Crippen molar-refractivity contribution < 1.29 is 14.3 Å². The standard InChI is InChI=1S/C26H33N5O3/c1-16-7-6-8-22(29-26(33)34-5)21(16)15-27-23-14-19(13-20-17(2)18(3)28-24(20)23)25(32)31-11-9-30(4)10-12-31/h6-8,13-14,27-28H,9-12,15H2,1-5H3,(H,29,33). The number of anilines is 2. The molecular weight excluding hydrogens is 430 g/mol. The van der Waals surface area contributed by atoms with Gasteiger partial charge in [0, 0.05) is 55.1 Å². The van der Waals surface area contributed by atoms with Crippen LogP contribution in [0.25, 0.3) is 10.9 Å². The Labute approximate surface area is 200 Å². The zero-order valence-electron chi connectivity index (χ0n) is 20.5. The third-order valence-corrected chi connectivity index (χ3v) is 6.74. The molecule has 1 aromatic heterocycles. The number of benzene rings is 2. The molecule has 34 heavy (non-hydrogen) atoms. The van der Waals surface area contributed by atoms with Gasteiger partial charge in [-0.1, -0.05) is 12.1 Å². The number of carbonyl (C=O) groups is 2. The maximum absolute atomic E-state index is 13.4. The summed E-state index contributed by atoms with van der Waals surface area (Å²) < 4.78 is 4.77. The number of aromatic amines is 1. The number of H-pyrrole nitrogens is 1. The number of carbonyl (C=O) groups excluding carboxylic acids is 2. The summed E-state index contributed by atoms with van der Waals surface area (Å²) in [6.45, 7) is 9.81. The largest absolute Gasteiger partial charge is 0.453 e. The zero-order chi connectivity index (χ0) is 24.4. The fourth-order valence-corrected chi connectivity index (χ4v) is 4.41. The van der Waals surface area contributed by atoms with Gasteiger partial charge in [-0.2, -0.15) is 0 Å². The first-order valence-electron chi connectivity index (χ1n) is 11.6. The minimum atomic E-state index is -0.510. The number of hydrogen-bond acceptors (Lipinski definition) is 5. The van der Waals surface area contributed by atoms with Gasteiger partial charge < -0.3 is 24.8 Å². The normalized spacial score (nSPS) is 14.3. The maximum Gasteiger partial charge on any atom is 0.411 e. The van der Waals surface area contributed by atoms with Crippen LogP contribution >= 0.6 is 0 Å². The molecule has 0 atom stereocenters. The van der Waals surface area contributed by atoms with Crippen molar-refractivity contribution in [3.8, 4) is 0 Å². The Balaban J connectivity index is 1.67. The molecule has 4 rings (SSSR count). The second-order valence-corrected chi connectivity index (χ2v) is 8.99. The van der Waals surface area contributed by atoms with Crippen LogP contribution in [0, 0.1) is 20.8 Å². The van der Waals surface area contributed by atoms with Crippen molar-refractivity contribution in [2.45, 2.75) is 27.3 Å². The van der Waals surface area contributed by atoms with Crippen LogP contribution < -0.4 is 10.6 Å². The molecular formula is C26H33N5O3. The summed E-state index contributed by atoms with van der Waals surface area (Å²) in [6, 6.07) is 9.69. The van der Waals surface area contributed by atoms with Crippen LogP contribution in [0.5, 0.6) is 0 Å². The Morgan fingerprint density at radius 2 is 1.79 bits per heavy atom. The Morgan fingerprint density at radius 1 is 1.06 bits per heavy atom. The maximum atomic E-state index is 13.4. The third-order valence-electron chi connectivity index (χ3n) is 6.74. The highest BCUT2D eigenvalue weighted by Gasteiger charge is 2.22. The summed E-state index contributed by atoms with van der Waals surface area (Å²) in [4.78, 5) is 32.8. The number of methoxy groups -OCH3 is 1. The quantitative estimate of drug-likeness (QED) is 0.526. The molecule has 0 aliphatic carbocycles. The van der Waals surface area contributed by atoms with Gasteiger partial charge >= 0.3 is 6.09 Å². The average Bonchev–Trinajstić information content (AvgIpc) is 3.12. The zero-order valence-corrected chi connectivity index (χ0v) is 20.5. The van der Waals surface area contributed by atoms with Crippen molar-refractivity contribution in [2.24, 2.45) is 0 Å². The average molecular weight is 464 g/mol. The number of ether oxygens (including phenoxy) is 1. The second kappa shape index (κ2) is 9.77. The predicted molar refractivity (Wildman–Crippen MR) is 136 cm³/mol. The van der Waals surface area contributed by atoms with Gasteiger partial charge in [0.25, 0.3) is 5.91 Å². The number of rotatable bonds is 5. The number of fused-ring (bicyclic) bond motifs is 1. The summed E-state index contributed by atoms with van der Waals surface area (Å²) in [5, 5.41) is 7.35. The fraction of sp³-hybridized carbons (Fsp3) is 0.385. The van der Waals surface area contributed by atoms with Crippen LogP contribution in [0.1, 0.15) is 32.7 Å². The first kappa shape index (κ1) is 23.6. The van der Waals surface area contributed by atoms with Crippen molar-refractivity contribution in [1.29, 1.82) is 0 Å². The highest BCUT2D eigenvalue weighted by Crippen LogP contribution is 2.31. The van der Waals surface area contributed by atoms with Crippen LogP contribution in [0.3, 0.4) is 0 Å². The Hall–Kier alpha value is -3.52. The minimum absolute atomic E-state index is 0.0558. The molecule has 2 amide bonds. The molecule has 180 valence electrons.